The number of carbonyl (C=O) groups is 1. The van der Waals surface area contributed by atoms with Gasteiger partial charge in [-0.1, -0.05) is 43.7 Å². The van der Waals surface area contributed by atoms with Crippen LogP contribution in [-0.2, 0) is 6.54 Å². The second-order valence-corrected chi connectivity index (χ2v) is 8.21. The molecule has 5 nitrogen and oxygen atoms in total. The quantitative estimate of drug-likeness (QED) is 0.773. The van der Waals surface area contributed by atoms with Gasteiger partial charge >= 0.3 is 6.03 Å². The fraction of sp³-hybridized carbons (Fsp3) is 0.458. The van der Waals surface area contributed by atoms with Crippen LogP contribution in [0.4, 0.5) is 4.79 Å². The van der Waals surface area contributed by atoms with E-state index in [-0.39, 0.29) is 18.0 Å². The lowest BCUT2D eigenvalue weighted by Crippen LogP contribution is -2.40. The molecule has 1 heterocycles. The maximum Gasteiger partial charge on any atom is 0.317 e. The van der Waals surface area contributed by atoms with Gasteiger partial charge in [0.15, 0.2) is 11.5 Å². The minimum Gasteiger partial charge on any atom is -0.490 e. The molecule has 2 amide bonds. The molecule has 2 aromatic rings. The van der Waals surface area contributed by atoms with E-state index in [1.165, 1.54) is 11.1 Å². The molecule has 2 aromatic carbocycles. The van der Waals surface area contributed by atoms with Crippen molar-refractivity contribution in [3.8, 4) is 11.5 Å². The van der Waals surface area contributed by atoms with Gasteiger partial charge in [0.2, 0.25) is 0 Å². The number of carbonyl (C=O) groups excluding carboxylic acids is 1. The lowest BCUT2D eigenvalue weighted by Gasteiger charge is -2.27. The Morgan fingerprint density at radius 2 is 1.79 bits per heavy atom. The highest BCUT2D eigenvalue weighted by atomic mass is 16.5. The van der Waals surface area contributed by atoms with Gasteiger partial charge in [-0.3, -0.25) is 0 Å². The Balaban J connectivity index is 1.73. The van der Waals surface area contributed by atoms with Gasteiger partial charge < -0.3 is 19.7 Å². The maximum atomic E-state index is 12.9. The van der Waals surface area contributed by atoms with Gasteiger partial charge in [-0.25, -0.2) is 4.79 Å². The summed E-state index contributed by atoms with van der Waals surface area (Å²) in [5.74, 6) is 1.76. The van der Waals surface area contributed by atoms with Gasteiger partial charge in [0.25, 0.3) is 0 Å². The molecule has 0 fully saturated rings. The standard InChI is InChI=1S/C24H32N2O3/c1-16(2)23(19-9-10-21-22(14-19)29-12-6-11-28-21)25-24(27)26(5)15-20-8-7-17(3)13-18(20)4/h7-10,13-14,16,23H,6,11-12,15H2,1-5H3,(H,25,27)/t23-/m1/s1. The summed E-state index contributed by atoms with van der Waals surface area (Å²) in [6.07, 6.45) is 0.873. The average Bonchev–Trinajstić information content (AvgIpc) is 2.92. The van der Waals surface area contributed by atoms with E-state index in [9.17, 15) is 4.79 Å². The van der Waals surface area contributed by atoms with Crippen LogP contribution < -0.4 is 14.8 Å². The van der Waals surface area contributed by atoms with Gasteiger partial charge in [-0.2, -0.15) is 0 Å². The smallest absolute Gasteiger partial charge is 0.317 e. The third kappa shape index (κ3) is 5.22. The highest BCUT2D eigenvalue weighted by molar-refractivity contribution is 5.74. The van der Waals surface area contributed by atoms with Crippen molar-refractivity contribution < 1.29 is 14.3 Å². The van der Waals surface area contributed by atoms with Crippen LogP contribution in [0.1, 0.15) is 48.6 Å². The number of nitrogens with one attached hydrogen (secondary N) is 1. The zero-order chi connectivity index (χ0) is 21.0. The van der Waals surface area contributed by atoms with E-state index in [1.54, 1.807) is 4.90 Å². The van der Waals surface area contributed by atoms with E-state index in [1.807, 2.05) is 25.2 Å². The number of ether oxygens (including phenoxy) is 2. The van der Waals surface area contributed by atoms with Crippen LogP contribution in [0.3, 0.4) is 0 Å². The first-order chi connectivity index (χ1) is 13.8. The van der Waals surface area contributed by atoms with Crippen molar-refractivity contribution in [1.29, 1.82) is 0 Å². The van der Waals surface area contributed by atoms with Crippen LogP contribution in [-0.4, -0.2) is 31.2 Å². The molecule has 1 aliphatic heterocycles. The van der Waals surface area contributed by atoms with Crippen molar-refractivity contribution in [3.63, 3.8) is 0 Å². The molecule has 0 aromatic heterocycles. The third-order valence-corrected chi connectivity index (χ3v) is 5.33. The zero-order valence-corrected chi connectivity index (χ0v) is 18.1. The molecular formula is C24H32N2O3. The van der Waals surface area contributed by atoms with Gasteiger partial charge in [0, 0.05) is 20.0 Å². The Morgan fingerprint density at radius 3 is 2.48 bits per heavy atom. The maximum absolute atomic E-state index is 12.9. The van der Waals surface area contributed by atoms with Crippen LogP contribution in [0.5, 0.6) is 11.5 Å². The second-order valence-electron chi connectivity index (χ2n) is 8.21. The van der Waals surface area contributed by atoms with Crippen molar-refractivity contribution in [2.45, 2.75) is 46.7 Å². The Kier molecular flexibility index (Phi) is 6.68. The van der Waals surface area contributed by atoms with Gasteiger partial charge in [0.05, 0.1) is 19.3 Å². The van der Waals surface area contributed by atoms with Crippen LogP contribution in [0.15, 0.2) is 36.4 Å². The molecule has 0 unspecified atom stereocenters. The van der Waals surface area contributed by atoms with Gasteiger partial charge in [-0.05, 0) is 48.6 Å². The Hall–Kier alpha value is -2.69. The monoisotopic (exact) mass is 396 g/mol. The Bertz CT molecular complexity index is 863. The fourth-order valence-corrected chi connectivity index (χ4v) is 3.60. The molecule has 1 N–H and O–H groups in total. The normalized spacial score (nSPS) is 14.3. The molecule has 0 radical (unpaired) electrons. The van der Waals surface area contributed by atoms with Crippen LogP contribution in [0.25, 0.3) is 0 Å². The summed E-state index contributed by atoms with van der Waals surface area (Å²) in [5, 5.41) is 3.20. The molecule has 0 saturated heterocycles. The van der Waals surface area contributed by atoms with E-state index in [0.717, 1.165) is 29.0 Å². The molecule has 5 heteroatoms. The third-order valence-electron chi connectivity index (χ3n) is 5.33. The number of hydrogen-bond donors (Lipinski definition) is 1. The first kappa shape index (κ1) is 21.0. The highest BCUT2D eigenvalue weighted by Gasteiger charge is 2.22. The average molecular weight is 397 g/mol. The zero-order valence-electron chi connectivity index (χ0n) is 18.1. The molecule has 29 heavy (non-hydrogen) atoms. The Labute approximate surface area is 174 Å². The molecule has 0 spiro atoms. The summed E-state index contributed by atoms with van der Waals surface area (Å²) in [6.45, 7) is 10.3. The summed E-state index contributed by atoms with van der Waals surface area (Å²) < 4.78 is 11.6. The SMILES string of the molecule is Cc1ccc(CN(C)C(=O)N[C@@H](c2ccc3c(c2)OCCCO3)C(C)C)c(C)c1. The molecule has 0 saturated carbocycles. The molecule has 1 aliphatic rings. The predicted octanol–water partition coefficient (Wildman–Crippen LogP) is 5.00. The number of benzene rings is 2. The first-order valence-corrected chi connectivity index (χ1v) is 10.3. The van der Waals surface area contributed by atoms with Gasteiger partial charge in [-0.15, -0.1) is 0 Å². The van der Waals surface area contributed by atoms with Crippen molar-refractivity contribution in [1.82, 2.24) is 10.2 Å². The topological polar surface area (TPSA) is 50.8 Å². The fourth-order valence-electron chi connectivity index (χ4n) is 3.60. The van der Waals surface area contributed by atoms with Crippen molar-refractivity contribution in [2.24, 2.45) is 5.92 Å². The molecule has 1 atom stereocenters. The molecule has 3 rings (SSSR count). The van der Waals surface area contributed by atoms with Crippen LogP contribution in [0.2, 0.25) is 0 Å². The van der Waals surface area contributed by atoms with E-state index in [0.29, 0.717) is 19.8 Å². The van der Waals surface area contributed by atoms with Crippen molar-refractivity contribution in [3.05, 3.63) is 58.7 Å². The van der Waals surface area contributed by atoms with E-state index < -0.39 is 0 Å². The number of hydrogen-bond acceptors (Lipinski definition) is 3. The lowest BCUT2D eigenvalue weighted by molar-refractivity contribution is 0.198. The minimum atomic E-state index is -0.110. The predicted molar refractivity (Wildman–Crippen MR) is 116 cm³/mol. The molecule has 0 bridgehead atoms. The molecular weight excluding hydrogens is 364 g/mol. The van der Waals surface area contributed by atoms with E-state index in [2.05, 4.69) is 51.2 Å². The van der Waals surface area contributed by atoms with Crippen LogP contribution in [0, 0.1) is 19.8 Å². The van der Waals surface area contributed by atoms with Crippen molar-refractivity contribution in [2.75, 3.05) is 20.3 Å². The number of aryl methyl sites for hydroxylation is 2. The summed E-state index contributed by atoms with van der Waals surface area (Å²) in [7, 11) is 1.83. The molecule has 156 valence electrons. The van der Waals surface area contributed by atoms with E-state index >= 15 is 0 Å². The van der Waals surface area contributed by atoms with Crippen molar-refractivity contribution >= 4 is 6.03 Å². The summed E-state index contributed by atoms with van der Waals surface area (Å²) in [6, 6.07) is 12.1. The number of fused-ring (bicyclic) bond motifs is 1. The van der Waals surface area contributed by atoms with Crippen LogP contribution >= 0.6 is 0 Å². The van der Waals surface area contributed by atoms with Gasteiger partial charge in [0.1, 0.15) is 0 Å². The summed E-state index contributed by atoms with van der Waals surface area (Å²) >= 11 is 0. The summed E-state index contributed by atoms with van der Waals surface area (Å²) in [5.41, 5.74) is 4.61. The van der Waals surface area contributed by atoms with E-state index in [4.69, 9.17) is 9.47 Å². The highest BCUT2D eigenvalue weighted by Crippen LogP contribution is 2.34. The summed E-state index contributed by atoms with van der Waals surface area (Å²) in [4.78, 5) is 14.6. The number of urea groups is 1. The second kappa shape index (κ2) is 9.21. The largest absolute Gasteiger partial charge is 0.490 e. The minimum absolute atomic E-state index is 0.0872. The first-order valence-electron chi connectivity index (χ1n) is 10.3. The number of rotatable bonds is 5. The lowest BCUT2D eigenvalue weighted by atomic mass is 9.95. The molecule has 0 aliphatic carbocycles. The number of nitrogens with zero attached hydrogens (tertiary/aromatic N) is 1. The Morgan fingerprint density at radius 1 is 1.07 bits per heavy atom. The number of amides is 2.